The number of rotatable bonds is 11. The molecule has 0 fully saturated rings. The van der Waals surface area contributed by atoms with E-state index in [4.69, 9.17) is 7.15 Å². The number of amides is 1. The number of carbonyl (C=O) groups excluding carboxylic acids is 1. The molecule has 0 aromatic heterocycles. The van der Waals surface area contributed by atoms with Gasteiger partial charge in [0.25, 0.3) is 0 Å². The molecule has 0 heterocycles. The maximum Gasteiger partial charge on any atom is 0.326 e. The predicted octanol–water partition coefficient (Wildman–Crippen LogP) is 1.75. The molecule has 0 spiro atoms. The molecule has 0 bridgehead atoms. The number of aliphatic carboxylic acids is 1. The zero-order chi connectivity index (χ0) is 17.9. The third-order valence-corrected chi connectivity index (χ3v) is 3.53. The van der Waals surface area contributed by atoms with Gasteiger partial charge in [-0.1, -0.05) is 43.7 Å². The first-order valence-electron chi connectivity index (χ1n) is 8.47. The van der Waals surface area contributed by atoms with Gasteiger partial charge in [0.05, 0.1) is 6.04 Å². The maximum absolute atomic E-state index is 12.5. The van der Waals surface area contributed by atoms with Crippen LogP contribution in [0.3, 0.4) is 0 Å². The number of nitrogens with two attached hydrogens (primary N) is 1. The van der Waals surface area contributed by atoms with Crippen molar-refractivity contribution in [1.82, 2.24) is 10.6 Å². The summed E-state index contributed by atoms with van der Waals surface area (Å²) in [5.41, 5.74) is 6.30. The Kier molecular flexibility index (Phi) is 14.2. The van der Waals surface area contributed by atoms with Crippen LogP contribution in [-0.4, -0.2) is 42.2 Å². The molecule has 0 aliphatic carbocycles. The summed E-state index contributed by atoms with van der Waals surface area (Å²) in [6.07, 6.45) is 2.19. The number of hydrogen-bond donors (Lipinski definition) is 4. The molecule has 0 saturated carbocycles. The lowest BCUT2D eigenvalue weighted by atomic mass is 10.0. The zero-order valence-corrected chi connectivity index (χ0v) is 16.0. The first kappa shape index (κ1) is 23.7. The van der Waals surface area contributed by atoms with E-state index >= 15 is 0 Å². The van der Waals surface area contributed by atoms with Crippen molar-refractivity contribution in [3.8, 4) is 0 Å². The summed E-state index contributed by atoms with van der Waals surface area (Å²) in [4.78, 5) is 23.9. The molecule has 0 aliphatic heterocycles. The summed E-state index contributed by atoms with van der Waals surface area (Å²) in [6.45, 7) is 2.70. The summed E-state index contributed by atoms with van der Waals surface area (Å²) in [5, 5.41) is 13.1. The quantitative estimate of drug-likeness (QED) is 0.428. The number of nitrogens with one attached hydrogen (secondary N) is 2. The Morgan fingerprint density at radius 1 is 1.20 bits per heavy atom. The molecular formula is C17H29Cl2N3O3. The fraction of sp³-hybridized carbons (Fsp3) is 0.529. The largest absolute Gasteiger partial charge is 0.480 e. The lowest BCUT2D eigenvalue weighted by Crippen LogP contribution is -2.51. The molecule has 1 aromatic rings. The minimum absolute atomic E-state index is 0. The molecular weight excluding hydrogens is 365 g/mol. The number of carbonyl (C=O) groups is 2. The summed E-state index contributed by atoms with van der Waals surface area (Å²) in [7, 11) is 0. The molecule has 5 N–H and O–H groups in total. The molecule has 0 unspecified atom stereocenters. The van der Waals surface area contributed by atoms with Crippen molar-refractivity contribution < 1.29 is 16.1 Å². The van der Waals surface area contributed by atoms with Gasteiger partial charge < -0.3 is 21.5 Å². The van der Waals surface area contributed by atoms with Crippen molar-refractivity contribution in [3.05, 3.63) is 35.9 Å². The van der Waals surface area contributed by atoms with Crippen LogP contribution in [0.15, 0.2) is 30.3 Å². The molecule has 144 valence electrons. The zero-order valence-electron chi connectivity index (χ0n) is 15.4. The average molecular weight is 395 g/mol. The number of carboxylic acid groups (broad SMARTS) is 1. The Morgan fingerprint density at radius 3 is 2.36 bits per heavy atom. The van der Waals surface area contributed by atoms with Gasteiger partial charge in [-0.3, -0.25) is 4.79 Å². The van der Waals surface area contributed by atoms with Crippen molar-refractivity contribution in [3.63, 3.8) is 0 Å². The molecule has 1 amide bonds. The third-order valence-electron chi connectivity index (χ3n) is 3.53. The average Bonchev–Trinajstić information content (AvgIpc) is 2.58. The fourth-order valence-electron chi connectivity index (χ4n) is 2.33. The minimum Gasteiger partial charge on any atom is -0.480 e. The van der Waals surface area contributed by atoms with E-state index in [-0.39, 0.29) is 31.2 Å². The molecule has 8 heteroatoms. The van der Waals surface area contributed by atoms with Crippen molar-refractivity contribution in [2.45, 2.75) is 44.7 Å². The Balaban J connectivity index is 0. The van der Waals surface area contributed by atoms with E-state index in [1.54, 1.807) is 6.92 Å². The number of halogens is 2. The van der Waals surface area contributed by atoms with Crippen molar-refractivity contribution in [1.29, 1.82) is 0 Å². The second-order valence-electron chi connectivity index (χ2n) is 5.39. The summed E-state index contributed by atoms with van der Waals surface area (Å²) in [5.74, 6) is -1.51. The second-order valence-corrected chi connectivity index (χ2v) is 5.39. The van der Waals surface area contributed by atoms with Crippen LogP contribution in [0.2, 0.25) is 1.41 Å². The van der Waals surface area contributed by atoms with Gasteiger partial charge in [0, 0.05) is 6.42 Å². The summed E-state index contributed by atoms with van der Waals surface area (Å²) in [6, 6.07) is 7.47. The van der Waals surface area contributed by atoms with Crippen LogP contribution in [0.1, 0.15) is 31.7 Å². The van der Waals surface area contributed by atoms with Crippen LogP contribution in [0.25, 0.3) is 0 Å². The first-order valence-corrected chi connectivity index (χ1v) is 8.02. The minimum atomic E-state index is -1.08. The SMILES string of the molecule is Cl.Cl.[2H]N(CC)[C@@H](CCCCN)C(=O)N[C@@H](Cc1ccccc1)C(=O)O. The van der Waals surface area contributed by atoms with Crippen molar-refractivity contribution in [2.75, 3.05) is 13.1 Å². The van der Waals surface area contributed by atoms with Gasteiger partial charge in [-0.25, -0.2) is 4.79 Å². The third kappa shape index (κ3) is 10.3. The standard InChI is InChI=1S/C17H27N3O3.2ClH/c1-2-19-14(10-6-7-11-18)16(21)20-15(17(22)23)12-13-8-4-3-5-9-13;;/h3-5,8-9,14-15,19H,2,6-7,10-12,18H2,1H3,(H,20,21)(H,22,23);2*1H/t14-,15-;;/m0../s1/i/hD. The van der Waals surface area contributed by atoms with Crippen molar-refractivity contribution >= 4 is 36.7 Å². The highest BCUT2D eigenvalue weighted by Crippen LogP contribution is 2.06. The summed E-state index contributed by atoms with van der Waals surface area (Å²) < 4.78 is 7.91. The van der Waals surface area contributed by atoms with Crippen molar-refractivity contribution in [2.24, 2.45) is 5.73 Å². The molecule has 25 heavy (non-hydrogen) atoms. The highest BCUT2D eigenvalue weighted by molar-refractivity contribution is 5.87. The van der Waals surface area contributed by atoms with Gasteiger partial charge in [-0.15, -0.1) is 24.8 Å². The van der Waals surface area contributed by atoms with Crippen LogP contribution in [0.5, 0.6) is 0 Å². The first-order chi connectivity index (χ1) is 11.5. The van der Waals surface area contributed by atoms with E-state index in [1.807, 2.05) is 30.3 Å². The highest BCUT2D eigenvalue weighted by Gasteiger charge is 2.24. The second kappa shape index (κ2) is 15.0. The van der Waals surface area contributed by atoms with E-state index in [2.05, 4.69) is 5.32 Å². The van der Waals surface area contributed by atoms with E-state index in [1.165, 1.54) is 5.31 Å². The van der Waals surface area contributed by atoms with Gasteiger partial charge >= 0.3 is 5.97 Å². The Labute approximate surface area is 163 Å². The number of likely N-dealkylation sites (N-methyl/N-ethyl adjacent to an activating group) is 1. The topological polar surface area (TPSA) is 104 Å². The molecule has 2 atom stereocenters. The van der Waals surface area contributed by atoms with E-state index < -0.39 is 24.0 Å². The highest BCUT2D eigenvalue weighted by atomic mass is 35.5. The Hall–Kier alpha value is -1.34. The van der Waals surface area contributed by atoms with Crippen LogP contribution in [0.4, 0.5) is 0 Å². The number of carboxylic acids is 1. The van der Waals surface area contributed by atoms with E-state index in [0.717, 1.165) is 18.4 Å². The lowest BCUT2D eigenvalue weighted by molar-refractivity contribution is -0.142. The Bertz CT molecular complexity index is 523. The molecule has 0 saturated heterocycles. The normalized spacial score (nSPS) is 13.0. The van der Waals surface area contributed by atoms with Gasteiger partial charge in [0.2, 0.25) is 5.91 Å². The molecule has 6 nitrogen and oxygen atoms in total. The number of unbranched alkanes of at least 4 members (excludes halogenated alkanes) is 1. The van der Waals surface area contributed by atoms with Crippen LogP contribution in [0, 0.1) is 0 Å². The maximum atomic E-state index is 12.5. The molecule has 1 rings (SSSR count). The van der Waals surface area contributed by atoms with Crippen LogP contribution < -0.4 is 16.4 Å². The smallest absolute Gasteiger partial charge is 0.326 e. The lowest BCUT2D eigenvalue weighted by Gasteiger charge is -2.21. The predicted molar refractivity (Wildman–Crippen MR) is 105 cm³/mol. The number of benzene rings is 1. The monoisotopic (exact) mass is 394 g/mol. The number of hydrogen-bond acceptors (Lipinski definition) is 4. The molecule has 0 aliphatic rings. The van der Waals surface area contributed by atoms with E-state index in [0.29, 0.717) is 19.5 Å². The fourth-order valence-corrected chi connectivity index (χ4v) is 2.33. The van der Waals surface area contributed by atoms with Crippen LogP contribution >= 0.6 is 24.8 Å². The molecule has 1 aromatic carbocycles. The molecule has 0 radical (unpaired) electrons. The van der Waals surface area contributed by atoms with Gasteiger partial charge in [-0.05, 0) is 31.5 Å². The van der Waals surface area contributed by atoms with Crippen LogP contribution in [-0.2, 0) is 16.0 Å². The summed E-state index contributed by atoms with van der Waals surface area (Å²) >= 11 is 0. The Morgan fingerprint density at radius 2 is 1.84 bits per heavy atom. The van der Waals surface area contributed by atoms with E-state index in [9.17, 15) is 14.7 Å². The van der Waals surface area contributed by atoms with Gasteiger partial charge in [0.1, 0.15) is 7.45 Å². The van der Waals surface area contributed by atoms with Gasteiger partial charge in [0.15, 0.2) is 0 Å². The van der Waals surface area contributed by atoms with Gasteiger partial charge in [-0.2, -0.15) is 0 Å².